The van der Waals surface area contributed by atoms with Crippen molar-refractivity contribution in [2.45, 2.75) is 51.9 Å². The van der Waals surface area contributed by atoms with Gasteiger partial charge in [-0.3, -0.25) is 0 Å². The van der Waals surface area contributed by atoms with Crippen LogP contribution in [0.15, 0.2) is 48.5 Å². The summed E-state index contributed by atoms with van der Waals surface area (Å²) < 4.78 is 6.08. The summed E-state index contributed by atoms with van der Waals surface area (Å²) in [5, 5.41) is 9.35. The molecule has 0 radical (unpaired) electrons. The van der Waals surface area contributed by atoms with Crippen molar-refractivity contribution in [2.75, 3.05) is 0 Å². The van der Waals surface area contributed by atoms with E-state index in [9.17, 15) is 5.11 Å². The Morgan fingerprint density at radius 3 is 1.96 bits per heavy atom. The Morgan fingerprint density at radius 2 is 1.43 bits per heavy atom. The molecule has 0 aliphatic rings. The van der Waals surface area contributed by atoms with Crippen LogP contribution in [0.25, 0.3) is 11.1 Å². The number of phenolic OH excluding ortho intramolecular Hbond substituents is 1. The second-order valence-electron chi connectivity index (χ2n) is 7.18. The number of phenols is 1. The Morgan fingerprint density at radius 1 is 0.913 bits per heavy atom. The third-order valence-electron chi connectivity index (χ3n) is 3.79. The molecule has 3 heteroatoms. The zero-order valence-electron chi connectivity index (χ0n) is 14.7. The molecule has 0 heterocycles. The molecule has 1 unspecified atom stereocenters. The Kier molecular flexibility index (Phi) is 6.02. The fraction of sp³-hybridized carbons (Fsp3) is 0.400. The highest BCUT2D eigenvalue weighted by Crippen LogP contribution is 2.23. The van der Waals surface area contributed by atoms with Crippen LogP contribution in [0.5, 0.6) is 5.75 Å². The molecule has 124 valence electrons. The molecule has 2 aromatic carbocycles. The summed E-state index contributed by atoms with van der Waals surface area (Å²) in [6.07, 6.45) is 3.72. The maximum atomic E-state index is 9.35. The first kappa shape index (κ1) is 17.8. The summed E-state index contributed by atoms with van der Waals surface area (Å²) in [4.78, 5) is 0. The lowest BCUT2D eigenvalue weighted by atomic mass is 10.0. The summed E-state index contributed by atoms with van der Waals surface area (Å²) in [7, 11) is -1.42. The Labute approximate surface area is 141 Å². The topological polar surface area (TPSA) is 29.5 Å². The van der Waals surface area contributed by atoms with Crippen molar-refractivity contribution < 1.29 is 9.53 Å². The zero-order chi connectivity index (χ0) is 16.9. The second kappa shape index (κ2) is 7.80. The molecule has 2 rings (SSSR count). The van der Waals surface area contributed by atoms with Crippen LogP contribution >= 0.6 is 0 Å². The van der Waals surface area contributed by atoms with Crippen molar-refractivity contribution in [3.8, 4) is 16.9 Å². The third kappa shape index (κ3) is 6.20. The van der Waals surface area contributed by atoms with Gasteiger partial charge >= 0.3 is 0 Å². The fourth-order valence-corrected chi connectivity index (χ4v) is 4.10. The van der Waals surface area contributed by atoms with Crippen molar-refractivity contribution in [1.29, 1.82) is 0 Å². The lowest BCUT2D eigenvalue weighted by Gasteiger charge is -2.23. The van der Waals surface area contributed by atoms with Crippen LogP contribution < -0.4 is 0 Å². The van der Waals surface area contributed by atoms with Crippen molar-refractivity contribution in [3.63, 3.8) is 0 Å². The molecule has 23 heavy (non-hydrogen) atoms. The van der Waals surface area contributed by atoms with E-state index in [2.05, 4.69) is 50.8 Å². The molecule has 0 spiro atoms. The van der Waals surface area contributed by atoms with E-state index in [1.807, 2.05) is 12.1 Å². The number of benzene rings is 2. The van der Waals surface area contributed by atoms with Gasteiger partial charge in [-0.05, 0) is 74.7 Å². The predicted octanol–water partition coefficient (Wildman–Crippen LogP) is 5.62. The number of hydrogen-bond acceptors (Lipinski definition) is 2. The van der Waals surface area contributed by atoms with Gasteiger partial charge in [0.2, 0.25) is 0 Å². The highest BCUT2D eigenvalue weighted by molar-refractivity contribution is 6.69. The first-order valence-electron chi connectivity index (χ1n) is 8.40. The average molecular weight is 329 g/mol. The molecule has 0 saturated carbocycles. The third-order valence-corrected chi connectivity index (χ3v) is 4.89. The van der Waals surface area contributed by atoms with E-state index >= 15 is 0 Å². The van der Waals surface area contributed by atoms with Crippen molar-refractivity contribution >= 4 is 8.32 Å². The van der Waals surface area contributed by atoms with Gasteiger partial charge in [0, 0.05) is 6.10 Å². The van der Waals surface area contributed by atoms with Crippen LogP contribution in [-0.2, 0) is 10.8 Å². The summed E-state index contributed by atoms with van der Waals surface area (Å²) in [5.41, 5.74) is 3.68. The number of rotatable bonds is 7. The molecule has 1 N–H and O–H groups in total. The van der Waals surface area contributed by atoms with Crippen LogP contribution in [0.4, 0.5) is 0 Å². The molecule has 0 bridgehead atoms. The molecule has 0 amide bonds. The van der Waals surface area contributed by atoms with Gasteiger partial charge in [-0.25, -0.2) is 0 Å². The lowest BCUT2D eigenvalue weighted by Crippen LogP contribution is -2.30. The van der Waals surface area contributed by atoms with E-state index < -0.39 is 8.32 Å². The highest BCUT2D eigenvalue weighted by Gasteiger charge is 2.17. The van der Waals surface area contributed by atoms with Crippen molar-refractivity contribution in [1.82, 2.24) is 0 Å². The van der Waals surface area contributed by atoms with Gasteiger partial charge in [0.25, 0.3) is 0 Å². The molecule has 0 aliphatic carbocycles. The van der Waals surface area contributed by atoms with Crippen LogP contribution in [0.3, 0.4) is 0 Å². The minimum absolute atomic E-state index is 0.306. The molecule has 0 fully saturated rings. The summed E-state index contributed by atoms with van der Waals surface area (Å²) in [5.74, 6) is 0.306. The predicted molar refractivity (Wildman–Crippen MR) is 100 cm³/mol. The van der Waals surface area contributed by atoms with E-state index in [4.69, 9.17) is 4.43 Å². The quantitative estimate of drug-likeness (QED) is 0.668. The summed E-state index contributed by atoms with van der Waals surface area (Å²) in [6, 6.07) is 16.1. The standard InChI is InChI=1S/C20H28O2Si/c1-16(22-23(2,3)4)6-5-7-17-8-10-18(11-9-17)19-12-14-20(21)15-13-19/h8-16,21H,5-7H2,1-4H3. The van der Waals surface area contributed by atoms with Gasteiger partial charge in [-0.1, -0.05) is 36.4 Å². The van der Waals surface area contributed by atoms with Gasteiger partial charge in [0.1, 0.15) is 5.75 Å². The van der Waals surface area contributed by atoms with Gasteiger partial charge in [0.05, 0.1) is 0 Å². The van der Waals surface area contributed by atoms with Crippen LogP contribution in [0, 0.1) is 0 Å². The van der Waals surface area contributed by atoms with Gasteiger partial charge in [0.15, 0.2) is 8.32 Å². The fourth-order valence-electron chi connectivity index (χ4n) is 2.77. The molecule has 0 saturated heterocycles. The zero-order valence-corrected chi connectivity index (χ0v) is 15.7. The Hall–Kier alpha value is -1.58. The minimum atomic E-state index is -1.42. The van der Waals surface area contributed by atoms with E-state index in [1.54, 1.807) is 12.1 Å². The van der Waals surface area contributed by atoms with Crippen LogP contribution in [-0.4, -0.2) is 19.5 Å². The Bertz CT molecular complexity index is 597. The molecule has 1 atom stereocenters. The molecule has 0 aliphatic heterocycles. The van der Waals surface area contributed by atoms with E-state index in [0.29, 0.717) is 11.9 Å². The smallest absolute Gasteiger partial charge is 0.184 e. The van der Waals surface area contributed by atoms with Gasteiger partial charge < -0.3 is 9.53 Å². The summed E-state index contributed by atoms with van der Waals surface area (Å²) in [6.45, 7) is 8.91. The molecule has 0 aromatic heterocycles. The number of aryl methyl sites for hydroxylation is 1. The van der Waals surface area contributed by atoms with E-state index in [-0.39, 0.29) is 0 Å². The number of hydrogen-bond donors (Lipinski definition) is 1. The maximum absolute atomic E-state index is 9.35. The first-order chi connectivity index (χ1) is 10.8. The molecular weight excluding hydrogens is 300 g/mol. The molecule has 2 nitrogen and oxygen atoms in total. The SMILES string of the molecule is CC(CCCc1ccc(-c2ccc(O)cc2)cc1)O[Si](C)(C)C. The summed E-state index contributed by atoms with van der Waals surface area (Å²) >= 11 is 0. The first-order valence-corrected chi connectivity index (χ1v) is 11.8. The second-order valence-corrected chi connectivity index (χ2v) is 11.6. The van der Waals surface area contributed by atoms with E-state index in [1.165, 1.54) is 11.1 Å². The number of aromatic hydroxyl groups is 1. The Balaban J connectivity index is 1.84. The largest absolute Gasteiger partial charge is 0.508 e. The van der Waals surface area contributed by atoms with Crippen molar-refractivity contribution in [2.24, 2.45) is 0 Å². The van der Waals surface area contributed by atoms with Crippen LogP contribution in [0.1, 0.15) is 25.3 Å². The monoisotopic (exact) mass is 328 g/mol. The average Bonchev–Trinajstić information content (AvgIpc) is 2.47. The highest BCUT2D eigenvalue weighted by atomic mass is 28.4. The molecular formula is C20H28O2Si. The van der Waals surface area contributed by atoms with Crippen LogP contribution in [0.2, 0.25) is 19.6 Å². The van der Waals surface area contributed by atoms with Crippen molar-refractivity contribution in [3.05, 3.63) is 54.1 Å². The molecule has 2 aromatic rings. The van der Waals surface area contributed by atoms with E-state index in [0.717, 1.165) is 24.8 Å². The van der Waals surface area contributed by atoms with Gasteiger partial charge in [-0.15, -0.1) is 0 Å². The lowest BCUT2D eigenvalue weighted by molar-refractivity contribution is 0.200. The van der Waals surface area contributed by atoms with Gasteiger partial charge in [-0.2, -0.15) is 0 Å². The minimum Gasteiger partial charge on any atom is -0.508 e. The normalized spacial score (nSPS) is 13.0. The maximum Gasteiger partial charge on any atom is 0.184 e.